The van der Waals surface area contributed by atoms with Crippen LogP contribution in [-0.4, -0.2) is 23.5 Å². The molecule has 0 saturated heterocycles. The lowest BCUT2D eigenvalue weighted by molar-refractivity contribution is -0.119. The first kappa shape index (κ1) is 18.9. The Hall–Kier alpha value is -4.44. The van der Waals surface area contributed by atoms with E-state index in [1.54, 1.807) is 54.6 Å². The Morgan fingerprint density at radius 2 is 1.93 bits per heavy atom. The van der Waals surface area contributed by atoms with Crippen molar-refractivity contribution in [1.82, 2.24) is 4.98 Å². The molecule has 2 aromatic heterocycles. The van der Waals surface area contributed by atoms with Crippen LogP contribution in [0.25, 0.3) is 22.4 Å². The number of furan rings is 1. The molecule has 0 spiro atoms. The average Bonchev–Trinajstić information content (AvgIpc) is 3.32. The van der Waals surface area contributed by atoms with Gasteiger partial charge in [-0.25, -0.2) is 9.78 Å². The summed E-state index contributed by atoms with van der Waals surface area (Å²) >= 11 is 0. The maximum absolute atomic E-state index is 12.7. The van der Waals surface area contributed by atoms with Crippen LogP contribution in [0.15, 0.2) is 77.4 Å². The lowest BCUT2D eigenvalue weighted by atomic mass is 10.1. The Kier molecular flexibility index (Phi) is 5.22. The number of rotatable bonds is 5. The third kappa shape index (κ3) is 4.03. The van der Waals surface area contributed by atoms with Gasteiger partial charge in [-0.15, -0.1) is 0 Å². The van der Waals surface area contributed by atoms with Crippen LogP contribution in [0.1, 0.15) is 15.9 Å². The first-order chi connectivity index (χ1) is 14.6. The van der Waals surface area contributed by atoms with Gasteiger partial charge in [0.25, 0.3) is 5.91 Å². The van der Waals surface area contributed by atoms with Gasteiger partial charge in [-0.05, 0) is 42.5 Å². The number of para-hydroxylation sites is 1. The highest BCUT2D eigenvalue weighted by molar-refractivity contribution is 6.05. The van der Waals surface area contributed by atoms with Crippen molar-refractivity contribution < 1.29 is 18.7 Å². The molecule has 30 heavy (non-hydrogen) atoms. The molecule has 0 saturated carbocycles. The van der Waals surface area contributed by atoms with Crippen molar-refractivity contribution in [3.8, 4) is 17.5 Å². The minimum Gasteiger partial charge on any atom is -0.463 e. The number of esters is 1. The molecule has 0 atom stereocenters. The SMILES string of the molecule is N#Cc1cccc(NC(=O)COC(=O)c2cc(-c3ccco3)nc3ccccc23)c1. The van der Waals surface area contributed by atoms with Crippen LogP contribution in [0, 0.1) is 11.3 Å². The summed E-state index contributed by atoms with van der Waals surface area (Å²) in [5.41, 5.74) is 2.24. The molecule has 0 aliphatic carbocycles. The fraction of sp³-hybridized carbons (Fsp3) is 0.0435. The summed E-state index contributed by atoms with van der Waals surface area (Å²) < 4.78 is 10.6. The fourth-order valence-electron chi connectivity index (χ4n) is 2.97. The third-order valence-corrected chi connectivity index (χ3v) is 4.32. The topological polar surface area (TPSA) is 105 Å². The van der Waals surface area contributed by atoms with Gasteiger partial charge in [0, 0.05) is 11.1 Å². The Bertz CT molecular complexity index is 1270. The summed E-state index contributed by atoms with van der Waals surface area (Å²) in [6.45, 7) is -0.470. The van der Waals surface area contributed by atoms with Crippen molar-refractivity contribution in [1.29, 1.82) is 5.26 Å². The molecule has 0 aliphatic heterocycles. The van der Waals surface area contributed by atoms with E-state index in [4.69, 9.17) is 14.4 Å². The number of aromatic nitrogens is 1. The zero-order valence-electron chi connectivity index (χ0n) is 15.7. The van der Waals surface area contributed by atoms with Crippen molar-refractivity contribution in [2.24, 2.45) is 0 Å². The van der Waals surface area contributed by atoms with Crippen LogP contribution in [0.2, 0.25) is 0 Å². The molecule has 7 nitrogen and oxygen atoms in total. The Morgan fingerprint density at radius 3 is 2.73 bits per heavy atom. The van der Waals surface area contributed by atoms with E-state index in [1.807, 2.05) is 12.1 Å². The second kappa shape index (κ2) is 8.29. The van der Waals surface area contributed by atoms with Gasteiger partial charge in [-0.1, -0.05) is 24.3 Å². The summed E-state index contributed by atoms with van der Waals surface area (Å²) in [6, 6.07) is 20.7. The lowest BCUT2D eigenvalue weighted by Gasteiger charge is -2.10. The lowest BCUT2D eigenvalue weighted by Crippen LogP contribution is -2.21. The van der Waals surface area contributed by atoms with Gasteiger partial charge in [0.15, 0.2) is 12.4 Å². The molecule has 2 aromatic carbocycles. The molecule has 1 amide bonds. The number of nitriles is 1. The van der Waals surface area contributed by atoms with E-state index in [2.05, 4.69) is 10.3 Å². The second-order valence-electron chi connectivity index (χ2n) is 6.37. The molecule has 0 fully saturated rings. The first-order valence-corrected chi connectivity index (χ1v) is 9.05. The van der Waals surface area contributed by atoms with E-state index in [-0.39, 0.29) is 5.56 Å². The number of nitrogens with one attached hydrogen (secondary N) is 1. The number of carbonyl (C=O) groups excluding carboxylic acids is 2. The van der Waals surface area contributed by atoms with Crippen molar-refractivity contribution in [3.05, 3.63) is 84.1 Å². The molecule has 4 aromatic rings. The van der Waals surface area contributed by atoms with Crippen LogP contribution in [0.3, 0.4) is 0 Å². The fourth-order valence-corrected chi connectivity index (χ4v) is 2.97. The van der Waals surface area contributed by atoms with Gasteiger partial charge in [0.05, 0.1) is 29.0 Å². The molecule has 2 heterocycles. The highest BCUT2D eigenvalue weighted by atomic mass is 16.5. The molecule has 0 radical (unpaired) electrons. The summed E-state index contributed by atoms with van der Waals surface area (Å²) in [5, 5.41) is 12.1. The van der Waals surface area contributed by atoms with E-state index < -0.39 is 18.5 Å². The summed E-state index contributed by atoms with van der Waals surface area (Å²) in [6.07, 6.45) is 1.52. The van der Waals surface area contributed by atoms with E-state index in [0.29, 0.717) is 33.6 Å². The highest BCUT2D eigenvalue weighted by Crippen LogP contribution is 2.25. The number of hydrogen-bond acceptors (Lipinski definition) is 6. The van der Waals surface area contributed by atoms with Crippen molar-refractivity contribution in [2.45, 2.75) is 0 Å². The van der Waals surface area contributed by atoms with Crippen molar-refractivity contribution >= 4 is 28.5 Å². The van der Waals surface area contributed by atoms with Crippen LogP contribution < -0.4 is 5.32 Å². The van der Waals surface area contributed by atoms with Crippen molar-refractivity contribution in [3.63, 3.8) is 0 Å². The van der Waals surface area contributed by atoms with Crippen LogP contribution >= 0.6 is 0 Å². The standard InChI is InChI=1S/C23H15N3O4/c24-13-15-5-3-6-16(11-15)25-22(27)14-30-23(28)18-12-20(21-9-4-10-29-21)26-19-8-2-1-7-17(18)19/h1-12H,14H2,(H,25,27). The number of ether oxygens (including phenoxy) is 1. The number of carbonyl (C=O) groups is 2. The molecule has 7 heteroatoms. The van der Waals surface area contributed by atoms with E-state index in [0.717, 1.165) is 0 Å². The van der Waals surface area contributed by atoms with E-state index >= 15 is 0 Å². The summed E-state index contributed by atoms with van der Waals surface area (Å²) in [7, 11) is 0. The number of hydrogen-bond donors (Lipinski definition) is 1. The molecule has 146 valence electrons. The minimum atomic E-state index is -0.651. The second-order valence-corrected chi connectivity index (χ2v) is 6.37. The van der Waals surface area contributed by atoms with Crippen LogP contribution in [-0.2, 0) is 9.53 Å². The molecular weight excluding hydrogens is 382 g/mol. The maximum atomic E-state index is 12.7. The predicted molar refractivity (Wildman–Crippen MR) is 110 cm³/mol. The number of fused-ring (bicyclic) bond motifs is 1. The van der Waals surface area contributed by atoms with E-state index in [9.17, 15) is 9.59 Å². The molecule has 0 unspecified atom stereocenters. The number of pyridine rings is 1. The van der Waals surface area contributed by atoms with Gasteiger partial charge in [-0.3, -0.25) is 4.79 Å². The zero-order chi connectivity index (χ0) is 20.9. The Morgan fingerprint density at radius 1 is 1.07 bits per heavy atom. The van der Waals surface area contributed by atoms with E-state index in [1.165, 1.54) is 12.3 Å². The Balaban J connectivity index is 1.53. The van der Waals surface area contributed by atoms with Gasteiger partial charge in [0.2, 0.25) is 0 Å². The summed E-state index contributed by atoms with van der Waals surface area (Å²) in [5.74, 6) is -0.643. The Labute approximate surface area is 171 Å². The predicted octanol–water partition coefficient (Wildman–Crippen LogP) is 4.16. The number of amides is 1. The normalized spacial score (nSPS) is 10.4. The number of anilines is 1. The molecule has 0 aliphatic rings. The van der Waals surface area contributed by atoms with Crippen molar-refractivity contribution in [2.75, 3.05) is 11.9 Å². The van der Waals surface area contributed by atoms with Crippen LogP contribution in [0.5, 0.6) is 0 Å². The molecule has 1 N–H and O–H groups in total. The quantitative estimate of drug-likeness (QED) is 0.507. The zero-order valence-corrected chi connectivity index (χ0v) is 15.7. The van der Waals surface area contributed by atoms with Gasteiger partial charge < -0.3 is 14.5 Å². The molecule has 0 bridgehead atoms. The summed E-state index contributed by atoms with van der Waals surface area (Å²) in [4.78, 5) is 29.4. The molecular formula is C23H15N3O4. The number of nitrogens with zero attached hydrogens (tertiary/aromatic N) is 2. The third-order valence-electron chi connectivity index (χ3n) is 4.32. The van der Waals surface area contributed by atoms with Crippen LogP contribution in [0.4, 0.5) is 5.69 Å². The highest BCUT2D eigenvalue weighted by Gasteiger charge is 2.17. The van der Waals surface area contributed by atoms with Gasteiger partial charge >= 0.3 is 5.97 Å². The largest absolute Gasteiger partial charge is 0.463 e. The number of benzene rings is 2. The monoisotopic (exact) mass is 397 g/mol. The molecule has 4 rings (SSSR count). The first-order valence-electron chi connectivity index (χ1n) is 9.05. The average molecular weight is 397 g/mol. The smallest absolute Gasteiger partial charge is 0.339 e. The maximum Gasteiger partial charge on any atom is 0.339 e. The van der Waals surface area contributed by atoms with Gasteiger partial charge in [0.1, 0.15) is 5.69 Å². The van der Waals surface area contributed by atoms with Gasteiger partial charge in [-0.2, -0.15) is 5.26 Å². The minimum absolute atomic E-state index is 0.284.